The third-order valence-corrected chi connectivity index (χ3v) is 4.08. The zero-order valence-corrected chi connectivity index (χ0v) is 11.4. The van der Waals surface area contributed by atoms with Gasteiger partial charge in [-0.25, -0.2) is 13.1 Å². The van der Waals surface area contributed by atoms with Gasteiger partial charge in [-0.3, -0.25) is 4.79 Å². The van der Waals surface area contributed by atoms with E-state index in [2.05, 4.69) is 4.72 Å². The van der Waals surface area contributed by atoms with E-state index in [0.717, 1.165) is 11.1 Å². The molecule has 0 spiro atoms. The van der Waals surface area contributed by atoms with Crippen molar-refractivity contribution in [3.05, 3.63) is 34.9 Å². The Morgan fingerprint density at radius 2 is 1.94 bits per heavy atom. The van der Waals surface area contributed by atoms with Crippen LogP contribution >= 0.6 is 0 Å². The van der Waals surface area contributed by atoms with Gasteiger partial charge >= 0.3 is 5.97 Å². The van der Waals surface area contributed by atoms with Crippen molar-refractivity contribution >= 4 is 16.0 Å². The highest BCUT2D eigenvalue weighted by atomic mass is 32.2. The Morgan fingerprint density at radius 1 is 1.33 bits per heavy atom. The molecule has 0 unspecified atom stereocenters. The van der Waals surface area contributed by atoms with Gasteiger partial charge in [0.2, 0.25) is 10.0 Å². The van der Waals surface area contributed by atoms with Gasteiger partial charge in [-0.05, 0) is 37.5 Å². The summed E-state index contributed by atoms with van der Waals surface area (Å²) in [6.07, 6.45) is 0. The maximum atomic E-state index is 11.7. The predicted molar refractivity (Wildman–Crippen MR) is 68.8 cm³/mol. The number of aliphatic carboxylic acids is 1. The number of carbonyl (C=O) groups is 1. The summed E-state index contributed by atoms with van der Waals surface area (Å²) in [4.78, 5) is 10.6. The van der Waals surface area contributed by atoms with Gasteiger partial charge in [0.05, 0.1) is 5.75 Å². The lowest BCUT2D eigenvalue weighted by atomic mass is 10.1. The molecule has 0 bridgehead atoms. The fourth-order valence-electron chi connectivity index (χ4n) is 1.47. The number of hydrogen-bond donors (Lipinski definition) is 2. The molecule has 0 radical (unpaired) electrons. The van der Waals surface area contributed by atoms with E-state index in [9.17, 15) is 13.2 Å². The number of aryl methyl sites for hydroxylation is 2. The van der Waals surface area contributed by atoms with Crippen molar-refractivity contribution in [1.29, 1.82) is 0 Å². The van der Waals surface area contributed by atoms with Crippen LogP contribution in [-0.4, -0.2) is 25.5 Å². The lowest BCUT2D eigenvalue weighted by molar-refractivity contribution is -0.138. The molecule has 6 heteroatoms. The summed E-state index contributed by atoms with van der Waals surface area (Å²) in [6.45, 7) is 5.14. The molecular formula is C12H17NO4S. The van der Waals surface area contributed by atoms with Crippen molar-refractivity contribution in [3.8, 4) is 0 Å². The molecule has 0 aromatic heterocycles. The van der Waals surface area contributed by atoms with Gasteiger partial charge in [0.15, 0.2) is 0 Å². The van der Waals surface area contributed by atoms with E-state index in [-0.39, 0.29) is 5.75 Å². The topological polar surface area (TPSA) is 83.5 Å². The number of hydrogen-bond acceptors (Lipinski definition) is 3. The molecule has 1 rings (SSSR count). The van der Waals surface area contributed by atoms with Gasteiger partial charge in [-0.2, -0.15) is 0 Å². The van der Waals surface area contributed by atoms with Crippen LogP contribution < -0.4 is 4.72 Å². The first-order valence-electron chi connectivity index (χ1n) is 5.50. The van der Waals surface area contributed by atoms with Crippen LogP contribution in [0.5, 0.6) is 0 Å². The standard InChI is InChI=1S/C12H17NO4S/c1-8-4-5-11(6-9(8)2)7-18(16,17)13-10(3)12(14)15/h4-6,10,13H,7H2,1-3H3,(H,14,15)/t10-/m1/s1. The highest BCUT2D eigenvalue weighted by Gasteiger charge is 2.19. The number of sulfonamides is 1. The smallest absolute Gasteiger partial charge is 0.321 e. The molecule has 2 N–H and O–H groups in total. The van der Waals surface area contributed by atoms with E-state index in [1.165, 1.54) is 6.92 Å². The maximum Gasteiger partial charge on any atom is 0.321 e. The van der Waals surface area contributed by atoms with Crippen molar-refractivity contribution in [2.24, 2.45) is 0 Å². The van der Waals surface area contributed by atoms with E-state index in [1.54, 1.807) is 12.1 Å². The monoisotopic (exact) mass is 271 g/mol. The number of rotatable bonds is 5. The summed E-state index contributed by atoms with van der Waals surface area (Å²) in [5.74, 6) is -1.41. The number of carboxylic acids is 1. The van der Waals surface area contributed by atoms with E-state index in [0.29, 0.717) is 5.56 Å². The Morgan fingerprint density at radius 3 is 2.44 bits per heavy atom. The summed E-state index contributed by atoms with van der Waals surface area (Å²) in [5.41, 5.74) is 2.74. The summed E-state index contributed by atoms with van der Waals surface area (Å²) >= 11 is 0. The third kappa shape index (κ3) is 4.12. The van der Waals surface area contributed by atoms with Crippen LogP contribution in [0, 0.1) is 13.8 Å². The molecule has 0 aliphatic rings. The van der Waals surface area contributed by atoms with E-state index in [4.69, 9.17) is 5.11 Å². The molecule has 0 fully saturated rings. The first-order chi connectivity index (χ1) is 8.21. The molecule has 1 aromatic rings. The molecule has 0 heterocycles. The van der Waals surface area contributed by atoms with E-state index >= 15 is 0 Å². The van der Waals surface area contributed by atoms with Crippen LogP contribution in [0.25, 0.3) is 0 Å². The minimum absolute atomic E-state index is 0.217. The highest BCUT2D eigenvalue weighted by Crippen LogP contribution is 2.12. The first kappa shape index (κ1) is 14.7. The molecule has 18 heavy (non-hydrogen) atoms. The second-order valence-electron chi connectivity index (χ2n) is 4.36. The van der Waals surface area contributed by atoms with E-state index < -0.39 is 22.0 Å². The quantitative estimate of drug-likeness (QED) is 0.842. The van der Waals surface area contributed by atoms with Crippen molar-refractivity contribution in [2.75, 3.05) is 0 Å². The second-order valence-corrected chi connectivity index (χ2v) is 6.11. The van der Waals surface area contributed by atoms with Gasteiger partial charge in [0, 0.05) is 0 Å². The highest BCUT2D eigenvalue weighted by molar-refractivity contribution is 7.88. The van der Waals surface area contributed by atoms with Crippen molar-refractivity contribution < 1.29 is 18.3 Å². The van der Waals surface area contributed by atoms with Crippen LogP contribution in [0.3, 0.4) is 0 Å². The molecule has 0 amide bonds. The van der Waals surface area contributed by atoms with Crippen molar-refractivity contribution in [3.63, 3.8) is 0 Å². The molecule has 0 aliphatic heterocycles. The number of carboxylic acid groups (broad SMARTS) is 1. The zero-order chi connectivity index (χ0) is 13.9. The summed E-state index contributed by atoms with van der Waals surface area (Å²) in [6, 6.07) is 4.25. The van der Waals surface area contributed by atoms with Gasteiger partial charge in [0.1, 0.15) is 6.04 Å². The Bertz CT molecular complexity index is 551. The summed E-state index contributed by atoms with van der Waals surface area (Å²) in [7, 11) is -3.64. The van der Waals surface area contributed by atoms with Gasteiger partial charge < -0.3 is 5.11 Å². The van der Waals surface area contributed by atoms with Crippen LogP contribution in [0.2, 0.25) is 0 Å². The minimum atomic E-state index is -3.64. The summed E-state index contributed by atoms with van der Waals surface area (Å²) in [5, 5.41) is 8.66. The number of benzene rings is 1. The Balaban J connectivity index is 2.82. The third-order valence-electron chi connectivity index (χ3n) is 2.65. The Hall–Kier alpha value is -1.40. The van der Waals surface area contributed by atoms with Crippen molar-refractivity contribution in [2.45, 2.75) is 32.6 Å². The van der Waals surface area contributed by atoms with Crippen LogP contribution in [0.4, 0.5) is 0 Å². The predicted octanol–water partition coefficient (Wildman–Crippen LogP) is 1.20. The Labute approximate surface area is 107 Å². The van der Waals surface area contributed by atoms with Crippen LogP contribution in [0.15, 0.2) is 18.2 Å². The molecule has 0 aliphatic carbocycles. The SMILES string of the molecule is Cc1ccc(CS(=O)(=O)N[C@H](C)C(=O)O)cc1C. The van der Waals surface area contributed by atoms with Crippen LogP contribution in [-0.2, 0) is 20.6 Å². The van der Waals surface area contributed by atoms with E-state index in [1.807, 2.05) is 19.9 Å². The largest absolute Gasteiger partial charge is 0.480 e. The van der Waals surface area contributed by atoms with Crippen LogP contribution in [0.1, 0.15) is 23.6 Å². The lowest BCUT2D eigenvalue weighted by Gasteiger charge is -2.11. The maximum absolute atomic E-state index is 11.7. The normalized spacial score (nSPS) is 13.3. The second kappa shape index (κ2) is 5.49. The van der Waals surface area contributed by atoms with Gasteiger partial charge in [-0.15, -0.1) is 0 Å². The lowest BCUT2D eigenvalue weighted by Crippen LogP contribution is -2.38. The molecular weight excluding hydrogens is 254 g/mol. The number of nitrogens with one attached hydrogen (secondary N) is 1. The Kier molecular flexibility index (Phi) is 4.48. The zero-order valence-electron chi connectivity index (χ0n) is 10.6. The fraction of sp³-hybridized carbons (Fsp3) is 0.417. The van der Waals surface area contributed by atoms with Crippen molar-refractivity contribution in [1.82, 2.24) is 4.72 Å². The van der Waals surface area contributed by atoms with Gasteiger partial charge in [-0.1, -0.05) is 18.2 Å². The average Bonchev–Trinajstić information content (AvgIpc) is 2.22. The molecule has 0 saturated heterocycles. The molecule has 1 atom stereocenters. The molecule has 100 valence electrons. The molecule has 5 nitrogen and oxygen atoms in total. The first-order valence-corrected chi connectivity index (χ1v) is 7.15. The fourth-order valence-corrected chi connectivity index (χ4v) is 2.82. The van der Waals surface area contributed by atoms with Gasteiger partial charge in [0.25, 0.3) is 0 Å². The minimum Gasteiger partial charge on any atom is -0.480 e. The average molecular weight is 271 g/mol. The molecule has 0 saturated carbocycles. The molecule has 1 aromatic carbocycles. The summed E-state index contributed by atoms with van der Waals surface area (Å²) < 4.78 is 25.6.